The van der Waals surface area contributed by atoms with E-state index in [0.29, 0.717) is 29.4 Å². The van der Waals surface area contributed by atoms with Gasteiger partial charge in [0.15, 0.2) is 0 Å². The van der Waals surface area contributed by atoms with Crippen molar-refractivity contribution >= 4 is 11.6 Å². The predicted octanol–water partition coefficient (Wildman–Crippen LogP) is 2.12. The van der Waals surface area contributed by atoms with Gasteiger partial charge in [-0.25, -0.2) is 0 Å². The first kappa shape index (κ1) is 23.3. The Labute approximate surface area is 192 Å². The number of halogens is 1. The molecule has 2 aromatic carbocycles. The summed E-state index contributed by atoms with van der Waals surface area (Å²) in [6.07, 6.45) is -5.79. The van der Waals surface area contributed by atoms with E-state index >= 15 is 0 Å². The van der Waals surface area contributed by atoms with E-state index in [-0.39, 0.29) is 5.41 Å². The van der Waals surface area contributed by atoms with E-state index in [4.69, 9.17) is 25.8 Å². The monoisotopic (exact) mass is 464 g/mol. The lowest BCUT2D eigenvalue weighted by Gasteiger charge is -2.40. The molecular formula is C24H29ClO7. The highest BCUT2D eigenvalue weighted by Crippen LogP contribution is 2.50. The van der Waals surface area contributed by atoms with Crippen LogP contribution in [0.15, 0.2) is 30.3 Å². The Morgan fingerprint density at radius 3 is 2.41 bits per heavy atom. The maximum Gasteiger partial charge on any atom is 0.130 e. The average Bonchev–Trinajstić information content (AvgIpc) is 3.10. The second kappa shape index (κ2) is 8.82. The summed E-state index contributed by atoms with van der Waals surface area (Å²) in [6.45, 7) is 3.96. The number of methoxy groups -OCH3 is 1. The molecule has 4 rings (SSSR count). The Morgan fingerprint density at radius 2 is 1.78 bits per heavy atom. The molecule has 0 aromatic heterocycles. The van der Waals surface area contributed by atoms with Gasteiger partial charge in [-0.1, -0.05) is 37.6 Å². The molecule has 1 saturated heterocycles. The van der Waals surface area contributed by atoms with E-state index in [9.17, 15) is 20.4 Å². The Balaban J connectivity index is 1.80. The van der Waals surface area contributed by atoms with Crippen LogP contribution in [0.3, 0.4) is 0 Å². The Hall–Kier alpha value is -1.87. The first-order valence-electron chi connectivity index (χ1n) is 10.6. The molecule has 2 heterocycles. The van der Waals surface area contributed by atoms with Crippen LogP contribution in [-0.2, 0) is 16.6 Å². The van der Waals surface area contributed by atoms with Gasteiger partial charge in [-0.3, -0.25) is 0 Å². The third-order valence-corrected chi connectivity index (χ3v) is 6.76. The van der Waals surface area contributed by atoms with Crippen LogP contribution < -0.4 is 9.47 Å². The molecule has 0 aliphatic carbocycles. The number of aliphatic hydroxyl groups is 4. The third-order valence-electron chi connectivity index (χ3n) is 6.33. The minimum Gasteiger partial charge on any atom is -0.497 e. The molecular weight excluding hydrogens is 436 g/mol. The minimum absolute atomic E-state index is 0.370. The van der Waals surface area contributed by atoms with Crippen molar-refractivity contribution < 1.29 is 34.6 Å². The van der Waals surface area contributed by atoms with Gasteiger partial charge in [0, 0.05) is 16.5 Å². The van der Waals surface area contributed by atoms with Crippen LogP contribution >= 0.6 is 11.6 Å². The summed E-state index contributed by atoms with van der Waals surface area (Å²) in [6, 6.07) is 9.49. The summed E-state index contributed by atoms with van der Waals surface area (Å²) < 4.78 is 17.1. The lowest BCUT2D eigenvalue weighted by Crippen LogP contribution is -2.55. The third kappa shape index (κ3) is 3.98. The van der Waals surface area contributed by atoms with E-state index < -0.39 is 37.1 Å². The number of hydrogen-bond acceptors (Lipinski definition) is 7. The summed E-state index contributed by atoms with van der Waals surface area (Å²) in [5.41, 5.74) is 2.82. The van der Waals surface area contributed by atoms with Gasteiger partial charge in [0.2, 0.25) is 0 Å². The lowest BCUT2D eigenvalue weighted by atomic mass is 9.82. The van der Waals surface area contributed by atoms with Crippen LogP contribution in [0.5, 0.6) is 11.5 Å². The highest BCUT2D eigenvalue weighted by molar-refractivity contribution is 6.32. The van der Waals surface area contributed by atoms with Gasteiger partial charge in [0.1, 0.15) is 42.0 Å². The van der Waals surface area contributed by atoms with E-state index in [1.165, 1.54) is 0 Å². The van der Waals surface area contributed by atoms with Crippen molar-refractivity contribution in [2.24, 2.45) is 0 Å². The zero-order valence-corrected chi connectivity index (χ0v) is 19.0. The average molecular weight is 465 g/mol. The second-order valence-corrected chi connectivity index (χ2v) is 9.47. The summed E-state index contributed by atoms with van der Waals surface area (Å²) in [5, 5.41) is 41.4. The Morgan fingerprint density at radius 1 is 1.09 bits per heavy atom. The fourth-order valence-corrected chi connectivity index (χ4v) is 4.93. The summed E-state index contributed by atoms with van der Waals surface area (Å²) in [5.74, 6) is 1.27. The van der Waals surface area contributed by atoms with Gasteiger partial charge in [-0.05, 0) is 35.7 Å². The Bertz CT molecular complexity index is 973. The molecule has 32 heavy (non-hydrogen) atoms. The standard InChI is InChI=1S/C24H29ClO7/c1-24(2)11-31-22-15(23-21(29)20(28)19(27)16(10-26)32-23)9-13(18(25)17(22)24)8-12-4-6-14(30-3)7-5-12/h4-7,9,16,19-21,23,26-29H,8,10-11H2,1-3H3/t16-,19-,20+,21-,23+/m1/s1. The number of aliphatic hydroxyl groups excluding tert-OH is 4. The van der Waals surface area contributed by atoms with Crippen molar-refractivity contribution in [3.8, 4) is 11.5 Å². The van der Waals surface area contributed by atoms with Crippen LogP contribution in [0.2, 0.25) is 5.02 Å². The first-order chi connectivity index (χ1) is 15.2. The quantitative estimate of drug-likeness (QED) is 0.536. The molecule has 2 aliphatic rings. The molecule has 0 bridgehead atoms. The number of rotatable bonds is 5. The van der Waals surface area contributed by atoms with Crippen LogP contribution in [-0.4, -0.2) is 65.2 Å². The van der Waals surface area contributed by atoms with Crippen molar-refractivity contribution in [1.29, 1.82) is 0 Å². The maximum absolute atomic E-state index is 10.7. The largest absolute Gasteiger partial charge is 0.497 e. The zero-order valence-electron chi connectivity index (χ0n) is 18.3. The van der Waals surface area contributed by atoms with Crippen LogP contribution in [0.4, 0.5) is 0 Å². The molecule has 2 aromatic rings. The number of ether oxygens (including phenoxy) is 3. The second-order valence-electron chi connectivity index (χ2n) is 9.09. The number of fused-ring (bicyclic) bond motifs is 1. The molecule has 0 spiro atoms. The van der Waals surface area contributed by atoms with Crippen LogP contribution in [0.1, 0.15) is 42.2 Å². The molecule has 5 atom stereocenters. The summed E-state index contributed by atoms with van der Waals surface area (Å²) in [4.78, 5) is 0. The molecule has 8 heteroatoms. The highest BCUT2D eigenvalue weighted by atomic mass is 35.5. The summed E-state index contributed by atoms with van der Waals surface area (Å²) in [7, 11) is 1.61. The van der Waals surface area contributed by atoms with Crippen molar-refractivity contribution in [3.63, 3.8) is 0 Å². The molecule has 0 saturated carbocycles. The zero-order chi connectivity index (χ0) is 23.2. The van der Waals surface area contributed by atoms with Crippen molar-refractivity contribution in [3.05, 3.63) is 57.6 Å². The predicted molar refractivity (Wildman–Crippen MR) is 118 cm³/mol. The fraction of sp³-hybridized carbons (Fsp3) is 0.500. The number of benzene rings is 2. The van der Waals surface area contributed by atoms with Crippen molar-refractivity contribution in [2.45, 2.75) is 56.2 Å². The van der Waals surface area contributed by atoms with Gasteiger partial charge in [0.25, 0.3) is 0 Å². The van der Waals surface area contributed by atoms with E-state index in [0.717, 1.165) is 22.4 Å². The topological polar surface area (TPSA) is 109 Å². The smallest absolute Gasteiger partial charge is 0.130 e. The molecule has 0 amide bonds. The number of hydrogen-bond donors (Lipinski definition) is 4. The molecule has 0 unspecified atom stereocenters. The van der Waals surface area contributed by atoms with Gasteiger partial charge in [0.05, 0.1) is 25.3 Å². The van der Waals surface area contributed by atoms with Crippen molar-refractivity contribution in [1.82, 2.24) is 0 Å². The van der Waals surface area contributed by atoms with E-state index in [1.807, 2.05) is 44.2 Å². The lowest BCUT2D eigenvalue weighted by molar-refractivity contribution is -0.232. The van der Waals surface area contributed by atoms with Gasteiger partial charge in [-0.15, -0.1) is 0 Å². The summed E-state index contributed by atoms with van der Waals surface area (Å²) >= 11 is 6.86. The van der Waals surface area contributed by atoms with Crippen molar-refractivity contribution in [2.75, 3.05) is 20.3 Å². The van der Waals surface area contributed by atoms with Gasteiger partial charge < -0.3 is 34.6 Å². The molecule has 1 fully saturated rings. The first-order valence-corrected chi connectivity index (χ1v) is 11.0. The molecule has 0 radical (unpaired) electrons. The van der Waals surface area contributed by atoms with Gasteiger partial charge in [-0.2, -0.15) is 0 Å². The maximum atomic E-state index is 10.7. The fourth-order valence-electron chi connectivity index (χ4n) is 4.47. The molecule has 2 aliphatic heterocycles. The highest BCUT2D eigenvalue weighted by Gasteiger charge is 2.47. The van der Waals surface area contributed by atoms with E-state index in [2.05, 4.69) is 0 Å². The van der Waals surface area contributed by atoms with Crippen LogP contribution in [0.25, 0.3) is 0 Å². The normalized spacial score (nSPS) is 28.8. The molecule has 7 nitrogen and oxygen atoms in total. The van der Waals surface area contributed by atoms with Gasteiger partial charge >= 0.3 is 0 Å². The SMILES string of the molecule is COc1ccc(Cc2cc([C@@H]3O[C@H](CO)[C@@H](O)[C@H](O)[C@H]3O)c3c(c2Cl)C(C)(C)CO3)cc1. The molecule has 174 valence electrons. The van der Waals surface area contributed by atoms with E-state index in [1.54, 1.807) is 7.11 Å². The Kier molecular flexibility index (Phi) is 6.42. The minimum atomic E-state index is -1.48. The molecule has 4 N–H and O–H groups in total. The van der Waals surface area contributed by atoms with Crippen LogP contribution in [0, 0.1) is 0 Å².